The number of hydrogen-bond donors (Lipinski definition) is 4. The molecule has 0 amide bonds. The molecule has 32 heavy (non-hydrogen) atoms. The van der Waals surface area contributed by atoms with Gasteiger partial charge in [-0.15, -0.1) is 0 Å². The summed E-state index contributed by atoms with van der Waals surface area (Å²) in [6, 6.07) is 0. The van der Waals surface area contributed by atoms with Crippen LogP contribution in [-0.4, -0.2) is 51.4 Å². The summed E-state index contributed by atoms with van der Waals surface area (Å²) in [4.78, 5) is 30.3. The molecule has 190 valence electrons. The molecule has 9 nitrogen and oxygen atoms in total. The molecule has 0 rings (SSSR count). The summed E-state index contributed by atoms with van der Waals surface area (Å²) in [7, 11) is -4.84. The predicted octanol–water partition coefficient (Wildman–Crippen LogP) is 5.13. The second kappa shape index (κ2) is 21.2. The summed E-state index contributed by atoms with van der Waals surface area (Å²) in [6.07, 6.45) is 19.0. The fourth-order valence-electron chi connectivity index (χ4n) is 3.13. The van der Waals surface area contributed by atoms with Crippen LogP contribution in [0.3, 0.4) is 0 Å². The van der Waals surface area contributed by atoms with Gasteiger partial charge in [0.2, 0.25) is 0 Å². The molecule has 0 aromatic rings. The quantitative estimate of drug-likeness (QED) is 0.136. The van der Waals surface area contributed by atoms with E-state index in [-0.39, 0.29) is 0 Å². The molecule has 1 atom stereocenters. The first-order valence-corrected chi connectivity index (χ1v) is 13.1. The van der Waals surface area contributed by atoms with Crippen LogP contribution >= 0.6 is 0 Å². The Bertz CT molecular complexity index is 603. The molecule has 0 aromatic carbocycles. The fraction of sp³-hybridized carbons (Fsp3) is 0.864. The van der Waals surface area contributed by atoms with Gasteiger partial charge in [0, 0.05) is 6.42 Å². The third kappa shape index (κ3) is 24.6. The Morgan fingerprint density at radius 1 is 0.625 bits per heavy atom. The summed E-state index contributed by atoms with van der Waals surface area (Å²) in [5.74, 6) is -4.15. The predicted molar refractivity (Wildman–Crippen MR) is 122 cm³/mol. The van der Waals surface area contributed by atoms with E-state index in [1.54, 1.807) is 0 Å². The van der Waals surface area contributed by atoms with Gasteiger partial charge in [-0.1, -0.05) is 96.8 Å². The molecule has 0 aliphatic rings. The minimum absolute atomic E-state index is 0.345. The zero-order valence-electron chi connectivity index (χ0n) is 19.3. The van der Waals surface area contributed by atoms with E-state index < -0.39 is 39.7 Å². The van der Waals surface area contributed by atoms with Crippen molar-refractivity contribution < 1.29 is 42.7 Å². The van der Waals surface area contributed by atoms with Gasteiger partial charge in [-0.3, -0.25) is 18.9 Å². The second-order valence-corrected chi connectivity index (χ2v) is 9.63. The van der Waals surface area contributed by atoms with Crippen LogP contribution in [-0.2, 0) is 24.5 Å². The third-order valence-corrected chi connectivity index (χ3v) is 6.08. The molecule has 1 unspecified atom stereocenters. The van der Waals surface area contributed by atoms with E-state index >= 15 is 0 Å². The van der Waals surface area contributed by atoms with Crippen molar-refractivity contribution in [3.05, 3.63) is 0 Å². The van der Waals surface area contributed by atoms with Gasteiger partial charge in [0.25, 0.3) is 10.1 Å². The number of unbranched alkanes of at least 4 members (excludes halogenated alkanes) is 14. The number of carboxylic acid groups (broad SMARTS) is 3. The average molecular weight is 483 g/mol. The molecule has 0 saturated carbocycles. The lowest BCUT2D eigenvalue weighted by Crippen LogP contribution is -2.31. The molecule has 0 fully saturated rings. The summed E-state index contributed by atoms with van der Waals surface area (Å²) in [6.45, 7) is 2.27. The van der Waals surface area contributed by atoms with Gasteiger partial charge in [-0.25, -0.2) is 0 Å². The normalized spacial score (nSPS) is 11.9. The summed E-state index contributed by atoms with van der Waals surface area (Å²) in [5.41, 5.74) is 0. The largest absolute Gasteiger partial charge is 0.481 e. The molecule has 0 heterocycles. The molecule has 0 aromatic heterocycles. The molecule has 0 aliphatic carbocycles. The van der Waals surface area contributed by atoms with Crippen molar-refractivity contribution >= 4 is 28.0 Å². The fourth-order valence-corrected chi connectivity index (χ4v) is 3.73. The zero-order valence-corrected chi connectivity index (χ0v) is 20.2. The monoisotopic (exact) mass is 482 g/mol. The van der Waals surface area contributed by atoms with Crippen LogP contribution in [0.5, 0.6) is 0 Å². The van der Waals surface area contributed by atoms with E-state index in [2.05, 4.69) is 6.92 Å². The maximum atomic E-state index is 10.3. The topological polar surface area (TPSA) is 166 Å². The van der Waals surface area contributed by atoms with E-state index in [1.807, 2.05) is 0 Å². The summed E-state index contributed by atoms with van der Waals surface area (Å²) in [5, 5.41) is 22.4. The second-order valence-electron chi connectivity index (χ2n) is 8.03. The molecule has 0 radical (unpaired) electrons. The van der Waals surface area contributed by atoms with E-state index in [9.17, 15) is 22.8 Å². The standard InChI is InChI=1S/C18H36O2.C4H6O7S/c1-2-3-4-5-6-7-8-9-10-11-12-13-14-15-16-17-18(19)20;5-3(6)1-2(4(7)8)12(9,10)11/h2-17H2,1H3,(H,19,20);2H,1H2,(H,5,6)(H,7,8)(H,9,10,11). The third-order valence-electron chi connectivity index (χ3n) is 4.99. The van der Waals surface area contributed by atoms with Gasteiger partial charge in [0.1, 0.15) is 0 Å². The van der Waals surface area contributed by atoms with Crippen molar-refractivity contribution in [2.24, 2.45) is 0 Å². The minimum Gasteiger partial charge on any atom is -0.481 e. The lowest BCUT2D eigenvalue weighted by atomic mass is 10.0. The van der Waals surface area contributed by atoms with E-state index in [0.29, 0.717) is 6.42 Å². The smallest absolute Gasteiger partial charge is 0.325 e. The lowest BCUT2D eigenvalue weighted by Gasteiger charge is -2.04. The van der Waals surface area contributed by atoms with Crippen molar-refractivity contribution in [1.29, 1.82) is 0 Å². The Balaban J connectivity index is 0. The van der Waals surface area contributed by atoms with Crippen LogP contribution in [0.1, 0.15) is 116 Å². The van der Waals surface area contributed by atoms with Crippen LogP contribution in [0.25, 0.3) is 0 Å². The maximum Gasteiger partial charge on any atom is 0.325 e. The first-order valence-electron chi connectivity index (χ1n) is 11.6. The van der Waals surface area contributed by atoms with Crippen LogP contribution in [0, 0.1) is 0 Å². The molecular formula is C22H42O9S. The van der Waals surface area contributed by atoms with E-state index in [1.165, 1.54) is 83.5 Å². The van der Waals surface area contributed by atoms with Crippen molar-refractivity contribution in [3.8, 4) is 0 Å². The van der Waals surface area contributed by atoms with Gasteiger partial charge in [0.15, 0.2) is 5.25 Å². The van der Waals surface area contributed by atoms with E-state index in [4.69, 9.17) is 19.9 Å². The summed E-state index contributed by atoms with van der Waals surface area (Å²) < 4.78 is 28.7. The number of hydrogen-bond acceptors (Lipinski definition) is 5. The average Bonchev–Trinajstić information content (AvgIpc) is 2.68. The van der Waals surface area contributed by atoms with Crippen LogP contribution in [0.15, 0.2) is 0 Å². The van der Waals surface area contributed by atoms with Crippen molar-refractivity contribution in [3.63, 3.8) is 0 Å². The molecular weight excluding hydrogens is 440 g/mol. The Morgan fingerprint density at radius 3 is 1.19 bits per heavy atom. The minimum atomic E-state index is -4.84. The van der Waals surface area contributed by atoms with Crippen LogP contribution in [0.2, 0.25) is 0 Å². The van der Waals surface area contributed by atoms with Gasteiger partial charge in [0.05, 0.1) is 6.42 Å². The van der Waals surface area contributed by atoms with Gasteiger partial charge < -0.3 is 15.3 Å². The Kier molecular flexibility index (Phi) is 21.5. The Hall–Kier alpha value is -1.68. The summed E-state index contributed by atoms with van der Waals surface area (Å²) >= 11 is 0. The van der Waals surface area contributed by atoms with Crippen molar-refractivity contribution in [2.75, 3.05) is 0 Å². The van der Waals surface area contributed by atoms with Crippen molar-refractivity contribution in [2.45, 2.75) is 121 Å². The van der Waals surface area contributed by atoms with Gasteiger partial charge in [-0.2, -0.15) is 8.42 Å². The maximum absolute atomic E-state index is 10.3. The van der Waals surface area contributed by atoms with Crippen LogP contribution in [0.4, 0.5) is 0 Å². The number of rotatable bonds is 20. The van der Waals surface area contributed by atoms with Crippen LogP contribution < -0.4 is 0 Å². The van der Waals surface area contributed by atoms with Gasteiger partial charge in [-0.05, 0) is 6.42 Å². The molecule has 10 heteroatoms. The molecule has 0 aliphatic heterocycles. The molecule has 4 N–H and O–H groups in total. The number of carboxylic acids is 3. The molecule has 0 saturated heterocycles. The Morgan fingerprint density at radius 2 is 0.969 bits per heavy atom. The highest BCUT2D eigenvalue weighted by molar-refractivity contribution is 7.87. The zero-order chi connectivity index (χ0) is 24.8. The first-order chi connectivity index (χ1) is 15.0. The highest BCUT2D eigenvalue weighted by Gasteiger charge is 2.33. The van der Waals surface area contributed by atoms with Gasteiger partial charge >= 0.3 is 17.9 Å². The number of aliphatic carboxylic acids is 3. The highest BCUT2D eigenvalue weighted by Crippen LogP contribution is 2.13. The number of carbonyl (C=O) groups is 3. The lowest BCUT2D eigenvalue weighted by molar-refractivity contribution is -0.143. The molecule has 0 bridgehead atoms. The Labute approximate surface area is 192 Å². The highest BCUT2D eigenvalue weighted by atomic mass is 32.2. The van der Waals surface area contributed by atoms with E-state index in [0.717, 1.165) is 12.8 Å². The first kappa shape index (κ1) is 32.5. The SMILES string of the molecule is CCCCCCCCCCCCCCCCCC(=O)O.O=C(O)CC(C(=O)O)S(=O)(=O)O. The molecule has 0 spiro atoms. The van der Waals surface area contributed by atoms with Crippen molar-refractivity contribution in [1.82, 2.24) is 0 Å².